The van der Waals surface area contributed by atoms with E-state index in [4.69, 9.17) is 5.73 Å². The average Bonchev–Trinajstić information content (AvgIpc) is 2.16. The van der Waals surface area contributed by atoms with Gasteiger partial charge in [-0.05, 0) is 51.1 Å². The topological polar surface area (TPSA) is 26.0 Å². The van der Waals surface area contributed by atoms with Crippen LogP contribution in [0.3, 0.4) is 0 Å². The number of nitrogens with two attached hydrogens (primary N) is 1. The van der Waals surface area contributed by atoms with E-state index in [1.54, 1.807) is 0 Å². The highest BCUT2D eigenvalue weighted by Crippen LogP contribution is 2.21. The maximum atomic E-state index is 5.68. The summed E-state index contributed by atoms with van der Waals surface area (Å²) in [7, 11) is 0. The van der Waals surface area contributed by atoms with Gasteiger partial charge in [0.25, 0.3) is 0 Å². The predicted octanol–water partition coefficient (Wildman–Crippen LogP) is 2.90. The maximum absolute atomic E-state index is 5.68. The zero-order chi connectivity index (χ0) is 9.26. The minimum atomic E-state index is 0.608. The standard InChI is InChI=1S/C11H10IN/c12-10-5-8-3-1-2-4-11(8)9(6-10)7-13/h1-6H,7,13H2. The van der Waals surface area contributed by atoms with Crippen molar-refractivity contribution in [2.24, 2.45) is 5.73 Å². The smallest absolute Gasteiger partial charge is 0.0184 e. The molecule has 0 spiro atoms. The zero-order valence-electron chi connectivity index (χ0n) is 7.13. The molecule has 0 heterocycles. The summed E-state index contributed by atoms with van der Waals surface area (Å²) in [5.41, 5.74) is 6.91. The summed E-state index contributed by atoms with van der Waals surface area (Å²) in [6, 6.07) is 12.7. The monoisotopic (exact) mass is 283 g/mol. The molecule has 0 bridgehead atoms. The third kappa shape index (κ3) is 1.69. The van der Waals surface area contributed by atoms with Crippen molar-refractivity contribution in [1.29, 1.82) is 0 Å². The Morgan fingerprint density at radius 3 is 2.69 bits per heavy atom. The predicted molar refractivity (Wildman–Crippen MR) is 64.6 cm³/mol. The van der Waals surface area contributed by atoms with Crippen molar-refractivity contribution in [3.05, 3.63) is 45.5 Å². The Hall–Kier alpha value is -0.610. The molecular weight excluding hydrogens is 273 g/mol. The second-order valence-corrected chi connectivity index (χ2v) is 4.24. The average molecular weight is 283 g/mol. The molecule has 2 heteroatoms. The van der Waals surface area contributed by atoms with Crippen molar-refractivity contribution in [2.45, 2.75) is 6.54 Å². The first-order valence-corrected chi connectivity index (χ1v) is 5.26. The molecular formula is C11H10IN. The summed E-state index contributed by atoms with van der Waals surface area (Å²) in [4.78, 5) is 0. The van der Waals surface area contributed by atoms with Gasteiger partial charge in [0.15, 0.2) is 0 Å². The second-order valence-electron chi connectivity index (χ2n) is 2.99. The number of halogens is 1. The molecule has 0 atom stereocenters. The Labute approximate surface area is 91.1 Å². The zero-order valence-corrected chi connectivity index (χ0v) is 9.28. The van der Waals surface area contributed by atoms with Gasteiger partial charge in [0.05, 0.1) is 0 Å². The van der Waals surface area contributed by atoms with E-state index in [1.165, 1.54) is 19.9 Å². The summed E-state index contributed by atoms with van der Waals surface area (Å²) in [5.74, 6) is 0. The van der Waals surface area contributed by atoms with Gasteiger partial charge in [-0.2, -0.15) is 0 Å². The fourth-order valence-electron chi connectivity index (χ4n) is 1.52. The summed E-state index contributed by atoms with van der Waals surface area (Å²) in [5, 5.41) is 2.54. The van der Waals surface area contributed by atoms with Gasteiger partial charge in [-0.1, -0.05) is 24.3 Å². The summed E-state index contributed by atoms with van der Waals surface area (Å²) in [6.07, 6.45) is 0. The molecule has 2 aromatic rings. The van der Waals surface area contributed by atoms with Gasteiger partial charge < -0.3 is 5.73 Å². The molecule has 2 aromatic carbocycles. The van der Waals surface area contributed by atoms with E-state index in [2.05, 4.69) is 52.9 Å². The molecule has 2 rings (SSSR count). The highest BCUT2D eigenvalue weighted by molar-refractivity contribution is 14.1. The third-order valence-electron chi connectivity index (χ3n) is 2.13. The van der Waals surface area contributed by atoms with Gasteiger partial charge in [0.2, 0.25) is 0 Å². The maximum Gasteiger partial charge on any atom is 0.0184 e. The van der Waals surface area contributed by atoms with E-state index in [1.807, 2.05) is 6.07 Å². The van der Waals surface area contributed by atoms with Crippen molar-refractivity contribution in [2.75, 3.05) is 0 Å². The molecule has 0 aromatic heterocycles. The number of rotatable bonds is 1. The van der Waals surface area contributed by atoms with Gasteiger partial charge in [-0.3, -0.25) is 0 Å². The number of hydrogen-bond acceptors (Lipinski definition) is 1. The van der Waals surface area contributed by atoms with Crippen LogP contribution in [0.4, 0.5) is 0 Å². The van der Waals surface area contributed by atoms with E-state index < -0.39 is 0 Å². The number of benzene rings is 2. The van der Waals surface area contributed by atoms with Crippen molar-refractivity contribution in [3.63, 3.8) is 0 Å². The van der Waals surface area contributed by atoms with Crippen LogP contribution in [0.2, 0.25) is 0 Å². The first-order chi connectivity index (χ1) is 6.31. The van der Waals surface area contributed by atoms with E-state index >= 15 is 0 Å². The molecule has 0 aliphatic heterocycles. The van der Waals surface area contributed by atoms with E-state index in [0.29, 0.717) is 6.54 Å². The minimum absolute atomic E-state index is 0.608. The SMILES string of the molecule is NCc1cc(I)cc2ccccc12. The molecule has 0 aliphatic rings. The molecule has 0 saturated carbocycles. The van der Waals surface area contributed by atoms with Gasteiger partial charge >= 0.3 is 0 Å². The van der Waals surface area contributed by atoms with Crippen LogP contribution < -0.4 is 5.73 Å². The minimum Gasteiger partial charge on any atom is -0.326 e. The summed E-state index contributed by atoms with van der Waals surface area (Å²) in [6.45, 7) is 0.608. The molecule has 2 N–H and O–H groups in total. The highest BCUT2D eigenvalue weighted by atomic mass is 127. The lowest BCUT2D eigenvalue weighted by atomic mass is 10.1. The highest BCUT2D eigenvalue weighted by Gasteiger charge is 1.99. The van der Waals surface area contributed by atoms with Gasteiger partial charge in [-0.15, -0.1) is 0 Å². The van der Waals surface area contributed by atoms with Gasteiger partial charge in [0.1, 0.15) is 0 Å². The van der Waals surface area contributed by atoms with Crippen LogP contribution in [-0.4, -0.2) is 0 Å². The Kier molecular flexibility index (Phi) is 2.51. The lowest BCUT2D eigenvalue weighted by Crippen LogP contribution is -1.97. The van der Waals surface area contributed by atoms with Crippen molar-refractivity contribution in [1.82, 2.24) is 0 Å². The third-order valence-corrected chi connectivity index (χ3v) is 2.75. The van der Waals surface area contributed by atoms with Gasteiger partial charge in [0, 0.05) is 10.1 Å². The largest absolute Gasteiger partial charge is 0.326 e. The first kappa shape index (κ1) is 8.97. The quantitative estimate of drug-likeness (QED) is 0.800. The lowest BCUT2D eigenvalue weighted by molar-refractivity contribution is 1.08. The van der Waals surface area contributed by atoms with Crippen LogP contribution in [0.5, 0.6) is 0 Å². The van der Waals surface area contributed by atoms with Crippen LogP contribution in [0.25, 0.3) is 10.8 Å². The van der Waals surface area contributed by atoms with Crippen LogP contribution in [0, 0.1) is 3.57 Å². The Morgan fingerprint density at radius 1 is 1.15 bits per heavy atom. The molecule has 0 fully saturated rings. The fourth-order valence-corrected chi connectivity index (χ4v) is 2.23. The van der Waals surface area contributed by atoms with Crippen molar-refractivity contribution < 1.29 is 0 Å². The molecule has 0 saturated heterocycles. The molecule has 0 aliphatic carbocycles. The molecule has 66 valence electrons. The number of hydrogen-bond donors (Lipinski definition) is 1. The van der Waals surface area contributed by atoms with Crippen LogP contribution in [-0.2, 0) is 6.54 Å². The first-order valence-electron chi connectivity index (χ1n) is 4.18. The van der Waals surface area contributed by atoms with Crippen molar-refractivity contribution in [3.8, 4) is 0 Å². The summed E-state index contributed by atoms with van der Waals surface area (Å²) < 4.78 is 1.25. The van der Waals surface area contributed by atoms with E-state index in [9.17, 15) is 0 Å². The summed E-state index contributed by atoms with van der Waals surface area (Å²) >= 11 is 2.32. The lowest BCUT2D eigenvalue weighted by Gasteiger charge is -2.04. The van der Waals surface area contributed by atoms with Gasteiger partial charge in [-0.25, -0.2) is 0 Å². The normalized spacial score (nSPS) is 10.6. The van der Waals surface area contributed by atoms with Crippen molar-refractivity contribution >= 4 is 33.4 Å². The van der Waals surface area contributed by atoms with Crippen LogP contribution in [0.1, 0.15) is 5.56 Å². The molecule has 0 radical (unpaired) electrons. The Bertz CT molecular complexity index is 437. The van der Waals surface area contributed by atoms with Crippen LogP contribution in [0.15, 0.2) is 36.4 Å². The van der Waals surface area contributed by atoms with Crippen LogP contribution >= 0.6 is 22.6 Å². The Balaban J connectivity index is 2.81. The van der Waals surface area contributed by atoms with E-state index in [0.717, 1.165) is 0 Å². The second kappa shape index (κ2) is 3.64. The Morgan fingerprint density at radius 2 is 1.92 bits per heavy atom. The molecule has 0 unspecified atom stereocenters. The molecule has 0 amide bonds. The van der Waals surface area contributed by atoms with E-state index in [-0.39, 0.29) is 0 Å². The number of fused-ring (bicyclic) bond motifs is 1. The molecule has 13 heavy (non-hydrogen) atoms. The fraction of sp³-hybridized carbons (Fsp3) is 0.0909. The molecule has 1 nitrogen and oxygen atoms in total.